The highest BCUT2D eigenvalue weighted by Crippen LogP contribution is 2.36. The first-order valence-electron chi connectivity index (χ1n) is 11.0. The molecule has 0 bridgehead atoms. The molecular formula is C26H26BrClN3O2+. The highest BCUT2D eigenvalue weighted by molar-refractivity contribution is 9.10. The molecule has 2 aromatic carbocycles. The van der Waals surface area contributed by atoms with Crippen molar-refractivity contribution in [3.8, 4) is 28.7 Å². The second kappa shape index (κ2) is 10.5. The molecule has 1 aliphatic rings. The van der Waals surface area contributed by atoms with E-state index in [-0.39, 0.29) is 0 Å². The number of methoxy groups -OCH3 is 1. The largest absolute Gasteiger partial charge is 0.496 e. The fraction of sp³-hybridized carbons (Fsp3) is 0.308. The third-order valence-electron chi connectivity index (χ3n) is 6.03. The zero-order valence-corrected chi connectivity index (χ0v) is 20.9. The Bertz CT molecular complexity index is 1220. The summed E-state index contributed by atoms with van der Waals surface area (Å²) in [7, 11) is 1.64. The molecule has 0 saturated carbocycles. The Labute approximate surface area is 207 Å². The summed E-state index contributed by atoms with van der Waals surface area (Å²) in [5.41, 5.74) is 11.9. The molecule has 33 heavy (non-hydrogen) atoms. The van der Waals surface area contributed by atoms with Gasteiger partial charge in [0.1, 0.15) is 35.4 Å². The Morgan fingerprint density at radius 2 is 1.85 bits per heavy atom. The summed E-state index contributed by atoms with van der Waals surface area (Å²) >= 11 is 9.54. The maximum absolute atomic E-state index is 9.95. The number of aromatic amines is 1. The Balaban J connectivity index is 1.77. The fourth-order valence-corrected chi connectivity index (χ4v) is 5.21. The van der Waals surface area contributed by atoms with E-state index in [9.17, 15) is 5.26 Å². The number of anilines is 1. The molecule has 4 rings (SSSR count). The molecule has 170 valence electrons. The van der Waals surface area contributed by atoms with Crippen LogP contribution in [0.15, 0.2) is 40.9 Å². The van der Waals surface area contributed by atoms with Gasteiger partial charge in [-0.05, 0) is 71.1 Å². The highest BCUT2D eigenvalue weighted by atomic mass is 79.9. The lowest BCUT2D eigenvalue weighted by molar-refractivity contribution is -0.374. The number of nitrogens with zero attached hydrogens (tertiary/aromatic N) is 1. The first-order chi connectivity index (χ1) is 16.0. The topological polar surface area (TPSA) is 82.4 Å². The molecule has 1 aliphatic carbocycles. The molecule has 0 amide bonds. The van der Waals surface area contributed by atoms with E-state index in [1.807, 2.05) is 24.3 Å². The van der Waals surface area contributed by atoms with Crippen molar-refractivity contribution in [2.75, 3.05) is 12.8 Å². The summed E-state index contributed by atoms with van der Waals surface area (Å²) in [6.07, 6.45) is 6.49. The van der Waals surface area contributed by atoms with Gasteiger partial charge in [0.2, 0.25) is 0 Å². The predicted molar refractivity (Wildman–Crippen MR) is 133 cm³/mol. The van der Waals surface area contributed by atoms with E-state index >= 15 is 0 Å². The van der Waals surface area contributed by atoms with Crippen LogP contribution in [0.25, 0.3) is 11.1 Å². The smallest absolute Gasteiger partial charge is 0.289 e. The molecule has 0 saturated heterocycles. The minimum atomic E-state index is 0.301. The van der Waals surface area contributed by atoms with E-state index < -0.39 is 0 Å². The minimum Gasteiger partial charge on any atom is -0.496 e. The number of benzene rings is 2. The van der Waals surface area contributed by atoms with E-state index in [1.165, 1.54) is 18.4 Å². The predicted octanol–water partition coefficient (Wildman–Crippen LogP) is 6.28. The molecule has 3 aromatic rings. The van der Waals surface area contributed by atoms with E-state index in [0.29, 0.717) is 28.8 Å². The number of hydrogen-bond acceptors (Lipinski definition) is 4. The number of nitrogens with one attached hydrogen (secondary N) is 1. The van der Waals surface area contributed by atoms with E-state index in [1.54, 1.807) is 19.2 Å². The maximum atomic E-state index is 9.95. The number of ether oxygens (including phenoxy) is 2. The van der Waals surface area contributed by atoms with Crippen LogP contribution in [0.3, 0.4) is 0 Å². The zero-order chi connectivity index (χ0) is 23.4. The number of aromatic nitrogens is 1. The number of hydrogen-bond donors (Lipinski definition) is 1. The van der Waals surface area contributed by atoms with Crippen molar-refractivity contribution >= 4 is 33.3 Å². The van der Waals surface area contributed by atoms with Crippen LogP contribution in [-0.4, -0.2) is 7.11 Å². The second-order valence-electron chi connectivity index (χ2n) is 8.16. The number of nitriles is 1. The van der Waals surface area contributed by atoms with Crippen molar-refractivity contribution in [3.05, 3.63) is 68.3 Å². The lowest BCUT2D eigenvalue weighted by Gasteiger charge is -2.19. The van der Waals surface area contributed by atoms with Gasteiger partial charge in [0, 0.05) is 28.1 Å². The summed E-state index contributed by atoms with van der Waals surface area (Å²) in [6.45, 7) is 0.301. The zero-order valence-electron chi connectivity index (χ0n) is 18.5. The number of rotatable bonds is 5. The summed E-state index contributed by atoms with van der Waals surface area (Å²) in [4.78, 5) is 3.31. The van der Waals surface area contributed by atoms with E-state index in [4.69, 9.17) is 26.8 Å². The number of pyridine rings is 1. The number of aryl methyl sites for hydroxylation is 1. The Kier molecular flexibility index (Phi) is 7.42. The van der Waals surface area contributed by atoms with Crippen LogP contribution in [0.5, 0.6) is 11.5 Å². The minimum absolute atomic E-state index is 0.301. The van der Waals surface area contributed by atoms with E-state index in [2.05, 4.69) is 27.0 Å². The first kappa shape index (κ1) is 23.4. The first-order valence-corrected chi connectivity index (χ1v) is 12.2. The van der Waals surface area contributed by atoms with Gasteiger partial charge in [0.15, 0.2) is 0 Å². The van der Waals surface area contributed by atoms with Crippen molar-refractivity contribution < 1.29 is 14.5 Å². The SMILES string of the molecule is COc1ccc(-c2c(C#N)c(N)[nH+]c3c2CCCCCC3)cc1COc1ccc(Cl)cc1Br. The molecule has 0 aliphatic heterocycles. The summed E-state index contributed by atoms with van der Waals surface area (Å²) in [6, 6.07) is 13.7. The number of H-pyrrole nitrogens is 1. The second-order valence-corrected chi connectivity index (χ2v) is 9.45. The Morgan fingerprint density at radius 1 is 1.09 bits per heavy atom. The van der Waals surface area contributed by atoms with Gasteiger partial charge in [-0.1, -0.05) is 30.5 Å². The molecule has 0 fully saturated rings. The monoisotopic (exact) mass is 526 g/mol. The van der Waals surface area contributed by atoms with Crippen LogP contribution in [0.2, 0.25) is 5.02 Å². The molecule has 0 radical (unpaired) electrons. The van der Waals surface area contributed by atoms with Crippen molar-refractivity contribution in [1.29, 1.82) is 5.26 Å². The van der Waals surface area contributed by atoms with Crippen molar-refractivity contribution in [3.63, 3.8) is 0 Å². The van der Waals surface area contributed by atoms with Crippen LogP contribution in [0.4, 0.5) is 5.82 Å². The Morgan fingerprint density at radius 3 is 2.58 bits per heavy atom. The van der Waals surface area contributed by atoms with Crippen LogP contribution >= 0.6 is 27.5 Å². The van der Waals surface area contributed by atoms with Gasteiger partial charge in [-0.25, -0.2) is 4.98 Å². The molecular weight excluding hydrogens is 502 g/mol. The summed E-state index contributed by atoms with van der Waals surface area (Å²) in [5.74, 6) is 1.83. The molecule has 0 unspecified atom stereocenters. The molecule has 7 heteroatoms. The van der Waals surface area contributed by atoms with E-state index in [0.717, 1.165) is 58.3 Å². The lowest BCUT2D eigenvalue weighted by atomic mass is 9.87. The van der Waals surface area contributed by atoms with Gasteiger partial charge in [-0.3, -0.25) is 5.73 Å². The number of halogens is 2. The normalized spacial score (nSPS) is 13.4. The molecule has 0 atom stereocenters. The van der Waals surface area contributed by atoms with Gasteiger partial charge in [-0.2, -0.15) is 5.26 Å². The van der Waals surface area contributed by atoms with Crippen LogP contribution < -0.4 is 20.2 Å². The summed E-state index contributed by atoms with van der Waals surface area (Å²) in [5, 5.41) is 10.6. The molecule has 0 spiro atoms. The average molecular weight is 528 g/mol. The van der Waals surface area contributed by atoms with Crippen molar-refractivity contribution in [2.24, 2.45) is 0 Å². The van der Waals surface area contributed by atoms with Crippen LogP contribution in [-0.2, 0) is 19.4 Å². The van der Waals surface area contributed by atoms with Crippen molar-refractivity contribution in [2.45, 2.75) is 45.1 Å². The summed E-state index contributed by atoms with van der Waals surface area (Å²) < 4.78 is 12.4. The van der Waals surface area contributed by atoms with Gasteiger partial charge < -0.3 is 9.47 Å². The van der Waals surface area contributed by atoms with Gasteiger partial charge in [0.25, 0.3) is 5.82 Å². The number of nitrogen functional groups attached to an aromatic ring is 1. The number of fused-ring (bicyclic) bond motifs is 1. The third-order valence-corrected chi connectivity index (χ3v) is 6.89. The average Bonchev–Trinajstić information content (AvgIpc) is 2.79. The fourth-order valence-electron chi connectivity index (χ4n) is 4.41. The molecule has 3 N–H and O–H groups in total. The molecule has 1 heterocycles. The lowest BCUT2D eigenvalue weighted by Crippen LogP contribution is -2.23. The van der Waals surface area contributed by atoms with Crippen molar-refractivity contribution in [1.82, 2.24) is 0 Å². The third kappa shape index (κ3) is 5.10. The standard InChI is InChI=1S/C26H25BrClN3O2/c1-32-23-10-8-16(12-17(23)15-33-24-11-9-18(28)13-21(24)27)25-19-6-4-2-3-5-7-22(19)31-26(30)20(25)14-29/h8-13H,2-7,15H2,1H3,(H2,30,31)/p+1. The molecule has 5 nitrogen and oxygen atoms in total. The molecule has 1 aromatic heterocycles. The van der Waals surface area contributed by atoms with Gasteiger partial charge in [0.05, 0.1) is 11.6 Å². The quantitative estimate of drug-likeness (QED) is 0.423. The van der Waals surface area contributed by atoms with Gasteiger partial charge >= 0.3 is 0 Å². The highest BCUT2D eigenvalue weighted by Gasteiger charge is 2.24. The number of nitrogens with two attached hydrogens (primary N) is 1. The van der Waals surface area contributed by atoms with Crippen LogP contribution in [0, 0.1) is 11.3 Å². The Hall–Kier alpha value is -2.75. The maximum Gasteiger partial charge on any atom is 0.289 e. The van der Waals surface area contributed by atoms with Gasteiger partial charge in [-0.15, -0.1) is 0 Å². The van der Waals surface area contributed by atoms with Crippen LogP contribution in [0.1, 0.15) is 48.1 Å².